The first-order chi connectivity index (χ1) is 5.29. The number of hydrogen-bond donors (Lipinski definition) is 0. The Morgan fingerprint density at radius 3 is 3.18 bits per heavy atom. The van der Waals surface area contributed by atoms with Gasteiger partial charge < -0.3 is 4.90 Å². The SMILES string of the molecule is CN1Cc2ncncc2C1=O. The van der Waals surface area contributed by atoms with Crippen LogP contribution < -0.4 is 0 Å². The molecule has 1 aliphatic heterocycles. The number of fused-ring (bicyclic) bond motifs is 1. The molecule has 4 heteroatoms. The molecule has 0 atom stereocenters. The van der Waals surface area contributed by atoms with E-state index in [4.69, 9.17) is 0 Å². The number of hydrogen-bond acceptors (Lipinski definition) is 3. The summed E-state index contributed by atoms with van der Waals surface area (Å²) in [4.78, 5) is 20.6. The van der Waals surface area contributed by atoms with Crippen LogP contribution in [0.15, 0.2) is 12.5 Å². The van der Waals surface area contributed by atoms with Gasteiger partial charge in [0.1, 0.15) is 6.33 Å². The molecule has 0 N–H and O–H groups in total. The van der Waals surface area contributed by atoms with Crippen molar-refractivity contribution < 1.29 is 4.79 Å². The minimum Gasteiger partial charge on any atom is -0.336 e. The van der Waals surface area contributed by atoms with Crippen molar-refractivity contribution in [3.05, 3.63) is 23.8 Å². The van der Waals surface area contributed by atoms with Gasteiger partial charge in [0.05, 0.1) is 17.8 Å². The van der Waals surface area contributed by atoms with Crippen molar-refractivity contribution in [2.45, 2.75) is 6.54 Å². The molecule has 4 nitrogen and oxygen atoms in total. The highest BCUT2D eigenvalue weighted by atomic mass is 16.2. The molecule has 0 unspecified atom stereocenters. The molecule has 0 spiro atoms. The maximum atomic E-state index is 11.2. The minimum atomic E-state index is 0.0144. The van der Waals surface area contributed by atoms with Crippen molar-refractivity contribution in [2.24, 2.45) is 0 Å². The van der Waals surface area contributed by atoms with Crippen LogP contribution in [-0.4, -0.2) is 27.8 Å². The Kier molecular flexibility index (Phi) is 1.15. The molecular formula is C7H7N3O. The van der Waals surface area contributed by atoms with E-state index in [0.717, 1.165) is 5.69 Å². The van der Waals surface area contributed by atoms with Crippen LogP contribution in [0.25, 0.3) is 0 Å². The number of amides is 1. The van der Waals surface area contributed by atoms with Crippen molar-refractivity contribution in [2.75, 3.05) is 7.05 Å². The average molecular weight is 149 g/mol. The van der Waals surface area contributed by atoms with Crippen LogP contribution in [0, 0.1) is 0 Å². The van der Waals surface area contributed by atoms with Crippen molar-refractivity contribution in [3.8, 4) is 0 Å². The molecule has 11 heavy (non-hydrogen) atoms. The Morgan fingerprint density at radius 2 is 2.45 bits per heavy atom. The molecule has 0 saturated heterocycles. The highest BCUT2D eigenvalue weighted by Crippen LogP contribution is 2.16. The summed E-state index contributed by atoms with van der Waals surface area (Å²) in [6.45, 7) is 0.608. The van der Waals surface area contributed by atoms with Crippen LogP contribution in [0.1, 0.15) is 16.1 Å². The average Bonchev–Trinajstić information content (AvgIpc) is 2.30. The molecule has 2 heterocycles. The van der Waals surface area contributed by atoms with Gasteiger partial charge in [-0.3, -0.25) is 4.79 Å². The fraction of sp³-hybridized carbons (Fsp3) is 0.286. The maximum absolute atomic E-state index is 11.2. The van der Waals surface area contributed by atoms with E-state index in [1.165, 1.54) is 6.33 Å². The Morgan fingerprint density at radius 1 is 1.64 bits per heavy atom. The quantitative estimate of drug-likeness (QED) is 0.524. The zero-order valence-electron chi connectivity index (χ0n) is 6.11. The predicted octanol–water partition coefficient (Wildman–Crippen LogP) is 0.0622. The molecule has 1 aliphatic rings. The van der Waals surface area contributed by atoms with E-state index >= 15 is 0 Å². The fourth-order valence-corrected chi connectivity index (χ4v) is 1.16. The lowest BCUT2D eigenvalue weighted by Crippen LogP contribution is -2.17. The number of carbonyl (C=O) groups is 1. The third-order valence-corrected chi connectivity index (χ3v) is 1.76. The van der Waals surface area contributed by atoms with Crippen LogP contribution in [0.4, 0.5) is 0 Å². The molecular weight excluding hydrogens is 142 g/mol. The minimum absolute atomic E-state index is 0.0144. The Hall–Kier alpha value is -1.45. The van der Waals surface area contributed by atoms with Crippen LogP contribution in [0.2, 0.25) is 0 Å². The molecule has 0 aliphatic carbocycles. The summed E-state index contributed by atoms with van der Waals surface area (Å²) >= 11 is 0. The molecule has 1 aromatic heterocycles. The number of nitrogens with zero attached hydrogens (tertiary/aromatic N) is 3. The monoisotopic (exact) mass is 149 g/mol. The molecule has 0 saturated carbocycles. The van der Waals surface area contributed by atoms with E-state index in [1.54, 1.807) is 18.1 Å². The molecule has 0 radical (unpaired) electrons. The lowest BCUT2D eigenvalue weighted by atomic mass is 10.3. The van der Waals surface area contributed by atoms with Gasteiger partial charge in [0.25, 0.3) is 5.91 Å². The van der Waals surface area contributed by atoms with Gasteiger partial charge in [0, 0.05) is 13.2 Å². The highest BCUT2D eigenvalue weighted by Gasteiger charge is 2.24. The van der Waals surface area contributed by atoms with Gasteiger partial charge in [-0.2, -0.15) is 0 Å². The topological polar surface area (TPSA) is 46.1 Å². The van der Waals surface area contributed by atoms with Crippen molar-refractivity contribution in [3.63, 3.8) is 0 Å². The van der Waals surface area contributed by atoms with Crippen molar-refractivity contribution >= 4 is 5.91 Å². The van der Waals surface area contributed by atoms with Gasteiger partial charge in [-0.15, -0.1) is 0 Å². The summed E-state index contributed by atoms with van der Waals surface area (Å²) in [5.41, 5.74) is 1.46. The second-order valence-corrected chi connectivity index (χ2v) is 2.54. The number of aromatic nitrogens is 2. The summed E-state index contributed by atoms with van der Waals surface area (Å²) in [6.07, 6.45) is 3.03. The van der Waals surface area contributed by atoms with Gasteiger partial charge in [-0.05, 0) is 0 Å². The van der Waals surface area contributed by atoms with Gasteiger partial charge in [0.2, 0.25) is 0 Å². The third-order valence-electron chi connectivity index (χ3n) is 1.76. The van der Waals surface area contributed by atoms with Crippen LogP contribution in [0.5, 0.6) is 0 Å². The molecule has 0 fully saturated rings. The highest BCUT2D eigenvalue weighted by molar-refractivity contribution is 5.97. The molecule has 2 rings (SSSR count). The Labute approximate surface area is 63.9 Å². The van der Waals surface area contributed by atoms with E-state index in [9.17, 15) is 4.79 Å². The zero-order chi connectivity index (χ0) is 7.84. The van der Waals surface area contributed by atoms with E-state index in [0.29, 0.717) is 12.1 Å². The first-order valence-corrected chi connectivity index (χ1v) is 3.33. The smallest absolute Gasteiger partial charge is 0.257 e. The van der Waals surface area contributed by atoms with Gasteiger partial charge in [-0.25, -0.2) is 9.97 Å². The first kappa shape index (κ1) is 6.27. The summed E-state index contributed by atoms with van der Waals surface area (Å²) in [7, 11) is 1.75. The van der Waals surface area contributed by atoms with E-state index in [2.05, 4.69) is 9.97 Å². The number of carbonyl (C=O) groups excluding carboxylic acids is 1. The van der Waals surface area contributed by atoms with Crippen molar-refractivity contribution in [1.82, 2.24) is 14.9 Å². The fourth-order valence-electron chi connectivity index (χ4n) is 1.16. The van der Waals surface area contributed by atoms with Crippen LogP contribution in [0.3, 0.4) is 0 Å². The van der Waals surface area contributed by atoms with Crippen LogP contribution in [-0.2, 0) is 6.54 Å². The van der Waals surface area contributed by atoms with E-state index in [-0.39, 0.29) is 5.91 Å². The summed E-state index contributed by atoms with van der Waals surface area (Å²) in [6, 6.07) is 0. The first-order valence-electron chi connectivity index (χ1n) is 3.33. The lowest BCUT2D eigenvalue weighted by Gasteiger charge is -2.03. The molecule has 1 aromatic rings. The molecule has 0 bridgehead atoms. The van der Waals surface area contributed by atoms with Gasteiger partial charge in [0.15, 0.2) is 0 Å². The molecule has 56 valence electrons. The second-order valence-electron chi connectivity index (χ2n) is 2.54. The summed E-state index contributed by atoms with van der Waals surface area (Å²) in [5, 5.41) is 0. The summed E-state index contributed by atoms with van der Waals surface area (Å²) in [5.74, 6) is 0.0144. The predicted molar refractivity (Wildman–Crippen MR) is 37.8 cm³/mol. The standard InChI is InChI=1S/C7H7N3O/c1-10-3-6-5(7(10)11)2-8-4-9-6/h2,4H,3H2,1H3. The molecule has 0 aromatic carbocycles. The largest absolute Gasteiger partial charge is 0.336 e. The lowest BCUT2D eigenvalue weighted by molar-refractivity contribution is 0.0816. The molecule has 1 amide bonds. The number of rotatable bonds is 0. The van der Waals surface area contributed by atoms with E-state index < -0.39 is 0 Å². The van der Waals surface area contributed by atoms with Gasteiger partial charge in [-0.1, -0.05) is 0 Å². The van der Waals surface area contributed by atoms with Gasteiger partial charge >= 0.3 is 0 Å². The zero-order valence-corrected chi connectivity index (χ0v) is 6.11. The Bertz CT molecular complexity index is 310. The summed E-state index contributed by atoms with van der Waals surface area (Å²) < 4.78 is 0. The Balaban J connectivity index is 2.55. The normalized spacial score (nSPS) is 15.4. The van der Waals surface area contributed by atoms with E-state index in [1.807, 2.05) is 0 Å². The van der Waals surface area contributed by atoms with Crippen molar-refractivity contribution in [1.29, 1.82) is 0 Å². The second kappa shape index (κ2) is 2.02. The van der Waals surface area contributed by atoms with Crippen LogP contribution >= 0.6 is 0 Å². The maximum Gasteiger partial charge on any atom is 0.257 e. The third kappa shape index (κ3) is 0.790.